The average molecular weight is 309 g/mol. The lowest BCUT2D eigenvalue weighted by Crippen LogP contribution is -2.03. The molecule has 2 N–H and O–H groups in total. The molecule has 0 spiro atoms. The van der Waals surface area contributed by atoms with E-state index in [1.54, 1.807) is 18.2 Å². The van der Waals surface area contributed by atoms with E-state index in [0.29, 0.717) is 22.1 Å². The molecule has 0 aliphatic heterocycles. The highest BCUT2D eigenvalue weighted by molar-refractivity contribution is 6.35. The van der Waals surface area contributed by atoms with Gasteiger partial charge in [-0.15, -0.1) is 0 Å². The van der Waals surface area contributed by atoms with Crippen molar-refractivity contribution < 1.29 is 18.7 Å². The molecule has 0 atom stereocenters. The SMILES string of the molecule is O=C(O)c1cc(F)c(F)cc1-c1nc2c(Cl)cccc2[nH]1. The number of H-pyrrole nitrogens is 1. The van der Waals surface area contributed by atoms with Crippen molar-refractivity contribution in [3.63, 3.8) is 0 Å². The largest absolute Gasteiger partial charge is 0.478 e. The van der Waals surface area contributed by atoms with Crippen LogP contribution in [0.1, 0.15) is 10.4 Å². The summed E-state index contributed by atoms with van der Waals surface area (Å²) >= 11 is 5.98. The third-order valence-corrected chi connectivity index (χ3v) is 3.31. The highest BCUT2D eigenvalue weighted by Gasteiger charge is 2.19. The van der Waals surface area contributed by atoms with Gasteiger partial charge in [-0.05, 0) is 24.3 Å². The Morgan fingerprint density at radius 1 is 1.24 bits per heavy atom. The first-order valence-corrected chi connectivity index (χ1v) is 6.22. The normalized spacial score (nSPS) is 11.0. The monoisotopic (exact) mass is 308 g/mol. The van der Waals surface area contributed by atoms with Crippen molar-refractivity contribution >= 4 is 28.6 Å². The third kappa shape index (κ3) is 2.23. The molecule has 0 aliphatic carbocycles. The number of halogens is 3. The Morgan fingerprint density at radius 2 is 1.95 bits per heavy atom. The first-order chi connectivity index (χ1) is 9.97. The third-order valence-electron chi connectivity index (χ3n) is 3.01. The molecule has 0 unspecified atom stereocenters. The number of carbonyl (C=O) groups is 1. The molecule has 1 aromatic heterocycles. The molecule has 21 heavy (non-hydrogen) atoms. The predicted molar refractivity (Wildman–Crippen MR) is 73.4 cm³/mol. The molecule has 3 rings (SSSR count). The number of nitrogens with zero attached hydrogens (tertiary/aromatic N) is 1. The zero-order valence-electron chi connectivity index (χ0n) is 10.3. The lowest BCUT2D eigenvalue weighted by molar-refractivity contribution is 0.0697. The number of fused-ring (bicyclic) bond motifs is 1. The Bertz CT molecular complexity index is 877. The van der Waals surface area contributed by atoms with Crippen LogP contribution in [0.25, 0.3) is 22.4 Å². The number of aromatic amines is 1. The standard InChI is InChI=1S/C14H7ClF2N2O2/c15-8-2-1-3-11-12(8)19-13(18-11)6-4-9(16)10(17)5-7(6)14(20)21/h1-5H,(H,18,19)(H,20,21). The first kappa shape index (κ1) is 13.5. The summed E-state index contributed by atoms with van der Waals surface area (Å²) in [4.78, 5) is 18.2. The number of benzene rings is 2. The number of aromatic carboxylic acids is 1. The van der Waals surface area contributed by atoms with Crippen LogP contribution in [0.5, 0.6) is 0 Å². The molecule has 0 aliphatic rings. The Hall–Kier alpha value is -2.47. The van der Waals surface area contributed by atoms with Crippen LogP contribution in [0.4, 0.5) is 8.78 Å². The van der Waals surface area contributed by atoms with Gasteiger partial charge in [-0.3, -0.25) is 0 Å². The molecule has 106 valence electrons. The number of para-hydroxylation sites is 1. The number of hydrogen-bond donors (Lipinski definition) is 2. The molecular formula is C14H7ClF2N2O2. The minimum atomic E-state index is -1.38. The second kappa shape index (κ2) is 4.82. The zero-order valence-corrected chi connectivity index (χ0v) is 11.1. The fourth-order valence-electron chi connectivity index (χ4n) is 2.04. The quantitative estimate of drug-likeness (QED) is 0.755. The molecule has 0 saturated carbocycles. The second-order valence-corrected chi connectivity index (χ2v) is 4.75. The van der Waals surface area contributed by atoms with Gasteiger partial charge in [-0.1, -0.05) is 17.7 Å². The number of imidazole rings is 1. The van der Waals surface area contributed by atoms with E-state index in [0.717, 1.165) is 6.07 Å². The predicted octanol–water partition coefficient (Wildman–Crippen LogP) is 3.86. The van der Waals surface area contributed by atoms with Crippen LogP contribution in [0.3, 0.4) is 0 Å². The van der Waals surface area contributed by atoms with Gasteiger partial charge in [0.1, 0.15) is 11.3 Å². The number of nitrogens with one attached hydrogen (secondary N) is 1. The highest BCUT2D eigenvalue weighted by atomic mass is 35.5. The number of carboxylic acid groups (broad SMARTS) is 1. The highest BCUT2D eigenvalue weighted by Crippen LogP contribution is 2.29. The zero-order chi connectivity index (χ0) is 15.1. The Kier molecular flexibility index (Phi) is 3.10. The van der Waals surface area contributed by atoms with E-state index < -0.39 is 17.6 Å². The van der Waals surface area contributed by atoms with Crippen molar-refractivity contribution in [1.82, 2.24) is 9.97 Å². The van der Waals surface area contributed by atoms with E-state index in [-0.39, 0.29) is 17.0 Å². The van der Waals surface area contributed by atoms with Gasteiger partial charge in [0.05, 0.1) is 16.1 Å². The minimum Gasteiger partial charge on any atom is -0.478 e. The van der Waals surface area contributed by atoms with Crippen LogP contribution in [-0.2, 0) is 0 Å². The van der Waals surface area contributed by atoms with Crippen molar-refractivity contribution in [2.24, 2.45) is 0 Å². The van der Waals surface area contributed by atoms with E-state index in [1.807, 2.05) is 0 Å². The van der Waals surface area contributed by atoms with Crippen molar-refractivity contribution in [3.05, 3.63) is 52.6 Å². The van der Waals surface area contributed by atoms with Crippen LogP contribution in [0, 0.1) is 11.6 Å². The van der Waals surface area contributed by atoms with Crippen molar-refractivity contribution in [3.8, 4) is 11.4 Å². The number of aromatic nitrogens is 2. The lowest BCUT2D eigenvalue weighted by Gasteiger charge is -2.04. The first-order valence-electron chi connectivity index (χ1n) is 5.84. The molecule has 2 aromatic carbocycles. The topological polar surface area (TPSA) is 66.0 Å². The van der Waals surface area contributed by atoms with Crippen LogP contribution < -0.4 is 0 Å². The van der Waals surface area contributed by atoms with Gasteiger partial charge in [-0.25, -0.2) is 18.6 Å². The summed E-state index contributed by atoms with van der Waals surface area (Å²) in [5.41, 5.74) is 0.562. The van der Waals surface area contributed by atoms with Crippen molar-refractivity contribution in [2.45, 2.75) is 0 Å². The van der Waals surface area contributed by atoms with Gasteiger partial charge in [0.25, 0.3) is 0 Å². The van der Waals surface area contributed by atoms with E-state index in [2.05, 4.69) is 9.97 Å². The molecule has 3 aromatic rings. The van der Waals surface area contributed by atoms with Gasteiger partial charge in [0.2, 0.25) is 0 Å². The molecule has 0 amide bonds. The van der Waals surface area contributed by atoms with Crippen molar-refractivity contribution in [1.29, 1.82) is 0 Å². The summed E-state index contributed by atoms with van der Waals surface area (Å²) in [5.74, 6) is -3.66. The summed E-state index contributed by atoms with van der Waals surface area (Å²) < 4.78 is 26.6. The molecule has 4 nitrogen and oxygen atoms in total. The fourth-order valence-corrected chi connectivity index (χ4v) is 2.26. The van der Waals surface area contributed by atoms with Gasteiger partial charge >= 0.3 is 5.97 Å². The number of rotatable bonds is 2. The summed E-state index contributed by atoms with van der Waals surface area (Å²) in [6, 6.07) is 6.43. The van der Waals surface area contributed by atoms with E-state index in [1.165, 1.54) is 0 Å². The molecule has 7 heteroatoms. The Morgan fingerprint density at radius 3 is 2.62 bits per heavy atom. The molecule has 0 radical (unpaired) electrons. The molecule has 0 bridgehead atoms. The van der Waals surface area contributed by atoms with Crippen LogP contribution in [-0.4, -0.2) is 21.0 Å². The van der Waals surface area contributed by atoms with E-state index >= 15 is 0 Å². The van der Waals surface area contributed by atoms with Crippen molar-refractivity contribution in [2.75, 3.05) is 0 Å². The lowest BCUT2D eigenvalue weighted by atomic mass is 10.1. The minimum absolute atomic E-state index is 0.0475. The average Bonchev–Trinajstić information content (AvgIpc) is 2.86. The molecule has 0 saturated heterocycles. The second-order valence-electron chi connectivity index (χ2n) is 4.34. The smallest absolute Gasteiger partial charge is 0.336 e. The maximum Gasteiger partial charge on any atom is 0.336 e. The van der Waals surface area contributed by atoms with Gasteiger partial charge in [-0.2, -0.15) is 0 Å². The summed E-state index contributed by atoms with van der Waals surface area (Å²) in [6.07, 6.45) is 0. The molecular weight excluding hydrogens is 302 g/mol. The van der Waals surface area contributed by atoms with Gasteiger partial charge < -0.3 is 10.1 Å². The van der Waals surface area contributed by atoms with Crippen LogP contribution in [0.15, 0.2) is 30.3 Å². The van der Waals surface area contributed by atoms with E-state index in [4.69, 9.17) is 16.7 Å². The maximum absolute atomic E-state index is 13.4. The maximum atomic E-state index is 13.4. The van der Waals surface area contributed by atoms with E-state index in [9.17, 15) is 13.6 Å². The summed E-state index contributed by atoms with van der Waals surface area (Å²) in [5, 5.41) is 9.48. The Balaban J connectivity index is 2.29. The van der Waals surface area contributed by atoms with Crippen LogP contribution in [0.2, 0.25) is 5.02 Å². The van der Waals surface area contributed by atoms with Gasteiger partial charge in [0.15, 0.2) is 11.6 Å². The summed E-state index contributed by atoms with van der Waals surface area (Å²) in [6.45, 7) is 0. The number of hydrogen-bond acceptors (Lipinski definition) is 2. The summed E-state index contributed by atoms with van der Waals surface area (Å²) in [7, 11) is 0. The number of carboxylic acids is 1. The Labute approximate surface area is 122 Å². The van der Waals surface area contributed by atoms with Crippen LogP contribution >= 0.6 is 11.6 Å². The fraction of sp³-hybridized carbons (Fsp3) is 0. The molecule has 1 heterocycles. The van der Waals surface area contributed by atoms with Gasteiger partial charge in [0, 0.05) is 5.56 Å². The molecule has 0 fully saturated rings.